The van der Waals surface area contributed by atoms with E-state index in [2.05, 4.69) is 44.6 Å². The molecule has 0 unspecified atom stereocenters. The lowest BCUT2D eigenvalue weighted by atomic mass is 9.81. The molecule has 0 bridgehead atoms. The van der Waals surface area contributed by atoms with Crippen molar-refractivity contribution >= 4 is 0 Å². The molecule has 2 rings (SSSR count). The molecule has 2 N–H and O–H groups in total. The summed E-state index contributed by atoms with van der Waals surface area (Å²) < 4.78 is 7.52. The fraction of sp³-hybridized carbons (Fsp3) is 0.824. The Bertz CT molecular complexity index is 497. The van der Waals surface area contributed by atoms with E-state index < -0.39 is 0 Å². The second-order valence-corrected chi connectivity index (χ2v) is 7.61. The first kappa shape index (κ1) is 17.4. The molecule has 0 saturated carbocycles. The van der Waals surface area contributed by atoms with Gasteiger partial charge in [-0.25, -0.2) is 0 Å². The molecule has 0 aromatic carbocycles. The van der Waals surface area contributed by atoms with E-state index >= 15 is 0 Å². The van der Waals surface area contributed by atoms with E-state index in [0.717, 1.165) is 44.8 Å². The molecule has 22 heavy (non-hydrogen) atoms. The number of aryl methyl sites for hydroxylation is 1. The first-order chi connectivity index (χ1) is 10.3. The highest BCUT2D eigenvalue weighted by molar-refractivity contribution is 5.25. The molecule has 126 valence electrons. The minimum atomic E-state index is -0.0277. The van der Waals surface area contributed by atoms with Crippen LogP contribution in [-0.4, -0.2) is 41.3 Å². The summed E-state index contributed by atoms with van der Waals surface area (Å²) in [6, 6.07) is 0. The number of ether oxygens (including phenoxy) is 1. The first-order valence-electron chi connectivity index (χ1n) is 8.24. The van der Waals surface area contributed by atoms with E-state index in [-0.39, 0.29) is 17.6 Å². The van der Waals surface area contributed by atoms with Gasteiger partial charge < -0.3 is 15.2 Å². The Labute approximate surface area is 134 Å². The number of aliphatic hydroxyl groups is 1. The third-order valence-electron chi connectivity index (χ3n) is 4.77. The Morgan fingerprint density at radius 3 is 2.41 bits per heavy atom. The fourth-order valence-corrected chi connectivity index (χ4v) is 3.23. The van der Waals surface area contributed by atoms with Crippen LogP contribution < -0.4 is 5.32 Å². The van der Waals surface area contributed by atoms with Crippen LogP contribution in [-0.2, 0) is 16.8 Å². The Morgan fingerprint density at radius 2 is 1.91 bits per heavy atom. The second kappa shape index (κ2) is 6.69. The predicted octanol–water partition coefficient (Wildman–Crippen LogP) is 2.13. The van der Waals surface area contributed by atoms with Gasteiger partial charge in [0.1, 0.15) is 0 Å². The van der Waals surface area contributed by atoms with Crippen LogP contribution in [0.4, 0.5) is 0 Å². The lowest BCUT2D eigenvalue weighted by Crippen LogP contribution is -2.41. The van der Waals surface area contributed by atoms with Crippen LogP contribution in [0.2, 0.25) is 0 Å². The molecule has 1 aromatic heterocycles. The molecule has 0 spiro atoms. The van der Waals surface area contributed by atoms with Gasteiger partial charge in [-0.1, -0.05) is 0 Å². The van der Waals surface area contributed by atoms with Gasteiger partial charge >= 0.3 is 0 Å². The first-order valence-corrected chi connectivity index (χ1v) is 8.24. The van der Waals surface area contributed by atoms with Crippen molar-refractivity contribution in [2.75, 3.05) is 26.4 Å². The summed E-state index contributed by atoms with van der Waals surface area (Å²) in [5, 5.41) is 18.0. The SMILES string of the molecule is Cc1nn(C(C)(C)C)c(C)c1CNCC1(CO)CCOCC1. The predicted molar refractivity (Wildman–Crippen MR) is 88.0 cm³/mol. The number of nitrogens with zero attached hydrogens (tertiary/aromatic N) is 2. The highest BCUT2D eigenvalue weighted by Gasteiger charge is 2.31. The largest absolute Gasteiger partial charge is 0.396 e. The van der Waals surface area contributed by atoms with Gasteiger partial charge in [0.15, 0.2) is 0 Å². The Hall–Kier alpha value is -0.910. The highest BCUT2D eigenvalue weighted by atomic mass is 16.5. The van der Waals surface area contributed by atoms with Crippen LogP contribution in [0.5, 0.6) is 0 Å². The highest BCUT2D eigenvalue weighted by Crippen LogP contribution is 2.29. The van der Waals surface area contributed by atoms with E-state index in [4.69, 9.17) is 9.84 Å². The van der Waals surface area contributed by atoms with Crippen molar-refractivity contribution in [1.29, 1.82) is 0 Å². The lowest BCUT2D eigenvalue weighted by Gasteiger charge is -2.35. The van der Waals surface area contributed by atoms with Crippen molar-refractivity contribution in [3.8, 4) is 0 Å². The average molecular weight is 309 g/mol. The van der Waals surface area contributed by atoms with E-state index in [1.165, 1.54) is 11.3 Å². The van der Waals surface area contributed by atoms with Crippen molar-refractivity contribution in [2.24, 2.45) is 5.41 Å². The van der Waals surface area contributed by atoms with Gasteiger partial charge in [-0.05, 0) is 47.5 Å². The number of hydrogen-bond donors (Lipinski definition) is 2. The number of aromatic nitrogens is 2. The number of hydrogen-bond acceptors (Lipinski definition) is 4. The quantitative estimate of drug-likeness (QED) is 0.875. The zero-order valence-corrected chi connectivity index (χ0v) is 14.7. The van der Waals surface area contributed by atoms with E-state index in [1.54, 1.807) is 0 Å². The van der Waals surface area contributed by atoms with Gasteiger partial charge in [0.2, 0.25) is 0 Å². The average Bonchev–Trinajstić information content (AvgIpc) is 2.76. The van der Waals surface area contributed by atoms with Gasteiger partial charge in [-0.15, -0.1) is 0 Å². The van der Waals surface area contributed by atoms with E-state index in [1.807, 2.05) is 0 Å². The van der Waals surface area contributed by atoms with Crippen molar-refractivity contribution in [1.82, 2.24) is 15.1 Å². The van der Waals surface area contributed by atoms with Crippen LogP contribution in [0, 0.1) is 19.3 Å². The molecule has 5 nitrogen and oxygen atoms in total. The molecule has 2 heterocycles. The molecule has 1 aliphatic rings. The normalized spacial score (nSPS) is 18.6. The van der Waals surface area contributed by atoms with Gasteiger partial charge in [-0.2, -0.15) is 5.10 Å². The summed E-state index contributed by atoms with van der Waals surface area (Å²) >= 11 is 0. The molecule has 1 aliphatic heterocycles. The Kier molecular flexibility index (Phi) is 5.30. The summed E-state index contributed by atoms with van der Waals surface area (Å²) in [4.78, 5) is 0. The van der Waals surface area contributed by atoms with Crippen LogP contribution in [0.15, 0.2) is 0 Å². The van der Waals surface area contributed by atoms with Crippen molar-refractivity contribution in [3.05, 3.63) is 17.0 Å². The Morgan fingerprint density at radius 1 is 1.27 bits per heavy atom. The molecule has 0 amide bonds. The van der Waals surface area contributed by atoms with Crippen LogP contribution in [0.3, 0.4) is 0 Å². The van der Waals surface area contributed by atoms with Crippen molar-refractivity contribution in [2.45, 2.75) is 59.5 Å². The van der Waals surface area contributed by atoms with Crippen LogP contribution >= 0.6 is 0 Å². The van der Waals surface area contributed by atoms with Crippen LogP contribution in [0.25, 0.3) is 0 Å². The second-order valence-electron chi connectivity index (χ2n) is 7.61. The van der Waals surface area contributed by atoms with Gasteiger partial charge in [-0.3, -0.25) is 4.68 Å². The maximum absolute atomic E-state index is 9.75. The van der Waals surface area contributed by atoms with E-state index in [0.29, 0.717) is 0 Å². The monoisotopic (exact) mass is 309 g/mol. The molecule has 0 atom stereocenters. The molecule has 0 radical (unpaired) electrons. The maximum atomic E-state index is 9.75. The number of aliphatic hydroxyl groups excluding tert-OH is 1. The molecular formula is C17H31N3O2. The molecule has 1 saturated heterocycles. The summed E-state index contributed by atoms with van der Waals surface area (Å²) in [5.41, 5.74) is 3.56. The van der Waals surface area contributed by atoms with Gasteiger partial charge in [0, 0.05) is 43.0 Å². The molecular weight excluding hydrogens is 278 g/mol. The number of rotatable bonds is 5. The summed E-state index contributed by atoms with van der Waals surface area (Å²) in [7, 11) is 0. The minimum Gasteiger partial charge on any atom is -0.396 e. The van der Waals surface area contributed by atoms with Crippen molar-refractivity contribution in [3.63, 3.8) is 0 Å². The van der Waals surface area contributed by atoms with Gasteiger partial charge in [0.05, 0.1) is 17.8 Å². The topological polar surface area (TPSA) is 59.3 Å². The molecule has 1 aromatic rings. The molecule has 5 heteroatoms. The summed E-state index contributed by atoms with van der Waals surface area (Å²) in [5.74, 6) is 0. The smallest absolute Gasteiger partial charge is 0.0641 e. The summed E-state index contributed by atoms with van der Waals surface area (Å²) in [6.45, 7) is 14.1. The molecule has 1 fully saturated rings. The molecule has 0 aliphatic carbocycles. The van der Waals surface area contributed by atoms with Crippen LogP contribution in [0.1, 0.15) is 50.6 Å². The maximum Gasteiger partial charge on any atom is 0.0641 e. The lowest BCUT2D eigenvalue weighted by molar-refractivity contribution is -0.0154. The minimum absolute atomic E-state index is 0.000122. The third kappa shape index (κ3) is 3.70. The van der Waals surface area contributed by atoms with Gasteiger partial charge in [0.25, 0.3) is 0 Å². The number of nitrogens with one attached hydrogen (secondary N) is 1. The van der Waals surface area contributed by atoms with E-state index in [9.17, 15) is 5.11 Å². The van der Waals surface area contributed by atoms with Crippen molar-refractivity contribution < 1.29 is 9.84 Å². The zero-order valence-electron chi connectivity index (χ0n) is 14.7. The fourth-order valence-electron chi connectivity index (χ4n) is 3.23. The Balaban J connectivity index is 2.01. The standard InChI is InChI=1S/C17H31N3O2/c1-13-15(14(2)20(19-13)16(3,4)5)10-18-11-17(12-21)6-8-22-9-7-17/h18,21H,6-12H2,1-5H3. The summed E-state index contributed by atoms with van der Waals surface area (Å²) in [6.07, 6.45) is 1.85. The third-order valence-corrected chi connectivity index (χ3v) is 4.77. The zero-order chi connectivity index (χ0) is 16.4.